The summed E-state index contributed by atoms with van der Waals surface area (Å²) in [5.74, 6) is -1.80. The van der Waals surface area contributed by atoms with Gasteiger partial charge in [0, 0.05) is 23.9 Å². The minimum atomic E-state index is -0.910. The molecule has 5 nitrogen and oxygen atoms in total. The van der Waals surface area contributed by atoms with Gasteiger partial charge in [0.15, 0.2) is 5.76 Å². The summed E-state index contributed by atoms with van der Waals surface area (Å²) in [7, 11) is 0. The Morgan fingerprint density at radius 3 is 2.81 bits per heavy atom. The third kappa shape index (κ3) is 3.39. The van der Waals surface area contributed by atoms with Gasteiger partial charge in [0.05, 0.1) is 0 Å². The Balaban J connectivity index is 2.13. The maximum absolute atomic E-state index is 13.2. The summed E-state index contributed by atoms with van der Waals surface area (Å²) >= 11 is 0. The van der Waals surface area contributed by atoms with Gasteiger partial charge in [-0.25, -0.2) is 4.39 Å². The van der Waals surface area contributed by atoms with Crippen molar-refractivity contribution < 1.29 is 23.5 Å². The van der Waals surface area contributed by atoms with E-state index >= 15 is 0 Å². The van der Waals surface area contributed by atoms with Crippen molar-refractivity contribution in [2.45, 2.75) is 20.3 Å². The van der Waals surface area contributed by atoms with E-state index in [1.807, 2.05) is 0 Å². The Morgan fingerprint density at radius 2 is 2.14 bits per heavy atom. The Kier molecular flexibility index (Phi) is 4.26. The fourth-order valence-electron chi connectivity index (χ4n) is 2.13. The third-order valence-corrected chi connectivity index (χ3v) is 3.24. The molecule has 1 atom stereocenters. The van der Waals surface area contributed by atoms with Crippen molar-refractivity contribution in [3.05, 3.63) is 35.3 Å². The predicted octanol–water partition coefficient (Wildman–Crippen LogP) is 2.72. The molecule has 0 aliphatic rings. The average molecular weight is 293 g/mol. The Hall–Kier alpha value is -2.37. The normalized spacial score (nSPS) is 12.3. The summed E-state index contributed by atoms with van der Waals surface area (Å²) in [6.07, 6.45) is -0.0232. The monoisotopic (exact) mass is 293 g/mol. The Bertz CT molecular complexity index is 692. The number of halogens is 1. The largest absolute Gasteiger partial charge is 0.481 e. The molecule has 21 heavy (non-hydrogen) atoms. The molecule has 112 valence electrons. The highest BCUT2D eigenvalue weighted by atomic mass is 19.1. The first kappa shape index (κ1) is 15.0. The van der Waals surface area contributed by atoms with Gasteiger partial charge in [-0.1, -0.05) is 6.92 Å². The van der Waals surface area contributed by atoms with E-state index in [9.17, 15) is 14.0 Å². The molecular weight excluding hydrogens is 277 g/mol. The van der Waals surface area contributed by atoms with E-state index in [1.54, 1.807) is 13.8 Å². The molecule has 0 bridgehead atoms. The van der Waals surface area contributed by atoms with Crippen LogP contribution in [0.2, 0.25) is 0 Å². The standard InChI is InChI=1S/C15H16FNO4/c1-8(5-13(18)19)7-17-15(20)14-9(2)11-6-10(16)3-4-12(11)21-14/h3-4,6,8H,5,7H2,1-2H3,(H,17,20)(H,18,19). The summed E-state index contributed by atoms with van der Waals surface area (Å²) < 4.78 is 18.6. The molecule has 2 rings (SSSR count). The maximum atomic E-state index is 13.2. The summed E-state index contributed by atoms with van der Waals surface area (Å²) in [5.41, 5.74) is 1.01. The highest BCUT2D eigenvalue weighted by Crippen LogP contribution is 2.25. The van der Waals surface area contributed by atoms with Gasteiger partial charge >= 0.3 is 5.97 Å². The van der Waals surface area contributed by atoms with Crippen LogP contribution in [0.25, 0.3) is 11.0 Å². The van der Waals surface area contributed by atoms with E-state index in [4.69, 9.17) is 9.52 Å². The first-order chi connectivity index (χ1) is 9.88. The van der Waals surface area contributed by atoms with Crippen LogP contribution in [0.4, 0.5) is 4.39 Å². The second-order valence-corrected chi connectivity index (χ2v) is 5.11. The van der Waals surface area contributed by atoms with Crippen LogP contribution >= 0.6 is 0 Å². The van der Waals surface area contributed by atoms with Gasteiger partial charge in [0.25, 0.3) is 5.91 Å². The van der Waals surface area contributed by atoms with Gasteiger partial charge in [-0.15, -0.1) is 0 Å². The summed E-state index contributed by atoms with van der Waals surface area (Å²) in [6, 6.07) is 4.06. The van der Waals surface area contributed by atoms with Crippen LogP contribution in [0.15, 0.2) is 22.6 Å². The molecule has 1 aromatic heterocycles. The van der Waals surface area contributed by atoms with Crippen molar-refractivity contribution in [1.82, 2.24) is 5.32 Å². The summed E-state index contributed by atoms with van der Waals surface area (Å²) in [4.78, 5) is 22.6. The van der Waals surface area contributed by atoms with Gasteiger partial charge < -0.3 is 14.8 Å². The maximum Gasteiger partial charge on any atom is 0.303 e. The molecule has 1 amide bonds. The molecule has 2 N–H and O–H groups in total. The number of carbonyl (C=O) groups excluding carboxylic acids is 1. The van der Waals surface area contributed by atoms with Crippen LogP contribution in [0.3, 0.4) is 0 Å². The molecule has 2 aromatic rings. The SMILES string of the molecule is Cc1c(C(=O)NCC(C)CC(=O)O)oc2ccc(F)cc12. The molecule has 1 unspecified atom stereocenters. The number of fused-ring (bicyclic) bond motifs is 1. The van der Waals surface area contributed by atoms with E-state index in [1.165, 1.54) is 18.2 Å². The van der Waals surface area contributed by atoms with Crippen molar-refractivity contribution in [3.63, 3.8) is 0 Å². The number of aliphatic carboxylic acids is 1. The van der Waals surface area contributed by atoms with Crippen molar-refractivity contribution in [3.8, 4) is 0 Å². The first-order valence-corrected chi connectivity index (χ1v) is 6.57. The summed E-state index contributed by atoms with van der Waals surface area (Å²) in [5, 5.41) is 11.8. The Labute approximate surface area is 120 Å². The fourth-order valence-corrected chi connectivity index (χ4v) is 2.13. The van der Waals surface area contributed by atoms with Gasteiger partial charge in [0.1, 0.15) is 11.4 Å². The van der Waals surface area contributed by atoms with E-state index < -0.39 is 17.7 Å². The smallest absolute Gasteiger partial charge is 0.303 e. The number of carboxylic acids is 1. The molecule has 0 radical (unpaired) electrons. The van der Waals surface area contributed by atoms with Crippen molar-refractivity contribution in [2.24, 2.45) is 5.92 Å². The van der Waals surface area contributed by atoms with Gasteiger partial charge in [0.2, 0.25) is 0 Å². The molecule has 0 aliphatic heterocycles. The number of carbonyl (C=O) groups is 2. The van der Waals surface area contributed by atoms with E-state index in [0.29, 0.717) is 16.5 Å². The van der Waals surface area contributed by atoms with Crippen LogP contribution in [-0.4, -0.2) is 23.5 Å². The van der Waals surface area contributed by atoms with Crippen LogP contribution < -0.4 is 5.32 Å². The lowest BCUT2D eigenvalue weighted by molar-refractivity contribution is -0.137. The topological polar surface area (TPSA) is 79.5 Å². The van der Waals surface area contributed by atoms with Crippen LogP contribution in [0.1, 0.15) is 29.5 Å². The highest BCUT2D eigenvalue weighted by Gasteiger charge is 2.18. The number of nitrogens with one attached hydrogen (secondary N) is 1. The molecule has 0 saturated heterocycles. The van der Waals surface area contributed by atoms with Gasteiger partial charge in [-0.05, 0) is 31.0 Å². The van der Waals surface area contributed by atoms with Crippen LogP contribution in [-0.2, 0) is 4.79 Å². The third-order valence-electron chi connectivity index (χ3n) is 3.24. The molecular formula is C15H16FNO4. The highest BCUT2D eigenvalue weighted by molar-refractivity contribution is 5.98. The second-order valence-electron chi connectivity index (χ2n) is 5.11. The minimum Gasteiger partial charge on any atom is -0.481 e. The average Bonchev–Trinajstić information content (AvgIpc) is 2.73. The molecule has 0 fully saturated rings. The number of carboxylic acid groups (broad SMARTS) is 1. The fraction of sp³-hybridized carbons (Fsp3) is 0.333. The number of hydrogen-bond acceptors (Lipinski definition) is 3. The number of benzene rings is 1. The molecule has 1 heterocycles. The van der Waals surface area contributed by atoms with Gasteiger partial charge in [-0.3, -0.25) is 9.59 Å². The van der Waals surface area contributed by atoms with Crippen molar-refractivity contribution in [1.29, 1.82) is 0 Å². The van der Waals surface area contributed by atoms with Crippen LogP contribution in [0.5, 0.6) is 0 Å². The van der Waals surface area contributed by atoms with E-state index in [0.717, 1.165) is 0 Å². The molecule has 6 heteroatoms. The molecule has 1 aromatic carbocycles. The zero-order valence-corrected chi connectivity index (χ0v) is 11.8. The number of aryl methyl sites for hydroxylation is 1. The van der Waals surface area contributed by atoms with Crippen molar-refractivity contribution >= 4 is 22.8 Å². The number of furan rings is 1. The van der Waals surface area contributed by atoms with Gasteiger partial charge in [-0.2, -0.15) is 0 Å². The zero-order valence-electron chi connectivity index (χ0n) is 11.8. The number of hydrogen-bond donors (Lipinski definition) is 2. The van der Waals surface area contributed by atoms with E-state index in [2.05, 4.69) is 5.32 Å². The minimum absolute atomic E-state index is 0.0232. The van der Waals surface area contributed by atoms with E-state index in [-0.39, 0.29) is 24.6 Å². The lowest BCUT2D eigenvalue weighted by Gasteiger charge is -2.09. The first-order valence-electron chi connectivity index (χ1n) is 6.57. The quantitative estimate of drug-likeness (QED) is 0.888. The number of rotatable bonds is 5. The zero-order chi connectivity index (χ0) is 15.6. The lowest BCUT2D eigenvalue weighted by atomic mass is 10.1. The van der Waals surface area contributed by atoms with Crippen molar-refractivity contribution in [2.75, 3.05) is 6.54 Å². The van der Waals surface area contributed by atoms with Crippen LogP contribution in [0, 0.1) is 18.7 Å². The molecule has 0 saturated carbocycles. The molecule has 0 spiro atoms. The second kappa shape index (κ2) is 5.95. The summed E-state index contributed by atoms with van der Waals surface area (Å²) in [6.45, 7) is 3.64. The number of amides is 1. The lowest BCUT2D eigenvalue weighted by Crippen LogP contribution is -2.29. The Morgan fingerprint density at radius 1 is 1.43 bits per heavy atom. The molecule has 0 aliphatic carbocycles. The predicted molar refractivity (Wildman–Crippen MR) is 74.7 cm³/mol.